The van der Waals surface area contributed by atoms with Gasteiger partial charge in [-0.25, -0.2) is 4.99 Å². The molecule has 0 saturated heterocycles. The number of hydrogen-bond donors (Lipinski definition) is 3. The van der Waals surface area contributed by atoms with Gasteiger partial charge in [0.25, 0.3) is 0 Å². The van der Waals surface area contributed by atoms with Crippen LogP contribution in [0.5, 0.6) is 5.75 Å². The lowest BCUT2D eigenvalue weighted by Crippen LogP contribution is -2.41. The van der Waals surface area contributed by atoms with Crippen LogP contribution in [0.3, 0.4) is 0 Å². The first kappa shape index (κ1) is 16.6. The van der Waals surface area contributed by atoms with E-state index in [4.69, 9.17) is 4.74 Å². The Morgan fingerprint density at radius 2 is 2.23 bits per heavy atom. The number of hydrogen-bond acceptors (Lipinski definition) is 3. The third-order valence-electron chi connectivity index (χ3n) is 4.05. The number of nitrogens with one attached hydrogen (secondary N) is 2. The van der Waals surface area contributed by atoms with Crippen LogP contribution in [0.2, 0.25) is 0 Å². The van der Waals surface area contributed by atoms with Gasteiger partial charge in [-0.1, -0.05) is 18.6 Å². The molecule has 22 heavy (non-hydrogen) atoms. The maximum absolute atomic E-state index is 9.88. The number of aliphatic hydroxyl groups is 1. The van der Waals surface area contributed by atoms with Gasteiger partial charge in [-0.3, -0.25) is 0 Å². The van der Waals surface area contributed by atoms with Crippen molar-refractivity contribution in [3.63, 3.8) is 0 Å². The third kappa shape index (κ3) is 4.91. The fraction of sp³-hybridized carbons (Fsp3) is 0.588. The Morgan fingerprint density at radius 3 is 2.91 bits per heavy atom. The van der Waals surface area contributed by atoms with Crippen molar-refractivity contribution in [2.45, 2.75) is 38.8 Å². The number of nitrogens with zero attached hydrogens (tertiary/aromatic N) is 1. The largest absolute Gasteiger partial charge is 0.497 e. The van der Waals surface area contributed by atoms with E-state index in [9.17, 15) is 5.11 Å². The molecule has 0 heterocycles. The second kappa shape index (κ2) is 8.63. The van der Waals surface area contributed by atoms with Crippen LogP contribution >= 0.6 is 0 Å². The van der Waals surface area contributed by atoms with Crippen LogP contribution in [-0.4, -0.2) is 37.4 Å². The van der Waals surface area contributed by atoms with Crippen molar-refractivity contribution in [2.75, 3.05) is 20.2 Å². The standard InChI is InChI=1S/C17H27N3O2/c1-3-18-17(20-12-14-7-5-9-16(14)21)19-11-13-6-4-8-15(10-13)22-2/h4,6,8,10,14,16,21H,3,5,7,9,11-12H2,1-2H3,(H2,18,19,20). The van der Waals surface area contributed by atoms with Crippen LogP contribution in [0.4, 0.5) is 0 Å². The Hall–Kier alpha value is -1.75. The van der Waals surface area contributed by atoms with E-state index in [1.807, 2.05) is 31.2 Å². The zero-order valence-corrected chi connectivity index (χ0v) is 13.5. The van der Waals surface area contributed by atoms with E-state index in [0.29, 0.717) is 12.5 Å². The smallest absolute Gasteiger partial charge is 0.191 e. The number of aliphatic hydroxyl groups excluding tert-OH is 1. The highest BCUT2D eigenvalue weighted by Crippen LogP contribution is 2.24. The summed E-state index contributed by atoms with van der Waals surface area (Å²) in [6.07, 6.45) is 2.95. The summed E-state index contributed by atoms with van der Waals surface area (Å²) in [7, 11) is 1.67. The molecule has 2 atom stereocenters. The monoisotopic (exact) mass is 305 g/mol. The zero-order valence-electron chi connectivity index (χ0n) is 13.5. The molecule has 1 saturated carbocycles. The molecular weight excluding hydrogens is 278 g/mol. The molecule has 1 aliphatic rings. The second-order valence-electron chi connectivity index (χ2n) is 5.69. The summed E-state index contributed by atoms with van der Waals surface area (Å²) in [5.41, 5.74) is 1.11. The SMILES string of the molecule is CCNC(=NCc1cccc(OC)c1)NCC1CCCC1O. The molecule has 1 aliphatic carbocycles. The minimum atomic E-state index is -0.172. The lowest BCUT2D eigenvalue weighted by Gasteiger charge is -2.17. The summed E-state index contributed by atoms with van der Waals surface area (Å²) in [5, 5.41) is 16.5. The summed E-state index contributed by atoms with van der Waals surface area (Å²) in [5.74, 6) is 1.98. The summed E-state index contributed by atoms with van der Waals surface area (Å²) in [6, 6.07) is 7.93. The molecule has 5 nitrogen and oxygen atoms in total. The highest BCUT2D eigenvalue weighted by molar-refractivity contribution is 5.79. The zero-order chi connectivity index (χ0) is 15.8. The van der Waals surface area contributed by atoms with Crippen molar-refractivity contribution in [1.82, 2.24) is 10.6 Å². The third-order valence-corrected chi connectivity index (χ3v) is 4.05. The Labute approximate surface area is 132 Å². The Balaban J connectivity index is 1.91. The Kier molecular flexibility index (Phi) is 6.52. The van der Waals surface area contributed by atoms with Gasteiger partial charge in [-0.2, -0.15) is 0 Å². The van der Waals surface area contributed by atoms with Gasteiger partial charge in [-0.15, -0.1) is 0 Å². The lowest BCUT2D eigenvalue weighted by atomic mass is 10.1. The molecule has 0 radical (unpaired) electrons. The number of ether oxygens (including phenoxy) is 1. The van der Waals surface area contributed by atoms with Crippen LogP contribution in [0.1, 0.15) is 31.7 Å². The van der Waals surface area contributed by atoms with Crippen LogP contribution in [0.25, 0.3) is 0 Å². The van der Waals surface area contributed by atoms with Gasteiger partial charge >= 0.3 is 0 Å². The lowest BCUT2D eigenvalue weighted by molar-refractivity contribution is 0.134. The minimum Gasteiger partial charge on any atom is -0.497 e. The van der Waals surface area contributed by atoms with E-state index >= 15 is 0 Å². The van der Waals surface area contributed by atoms with E-state index in [1.54, 1.807) is 7.11 Å². The molecular formula is C17H27N3O2. The number of guanidine groups is 1. The highest BCUT2D eigenvalue weighted by atomic mass is 16.5. The molecule has 2 unspecified atom stereocenters. The van der Waals surface area contributed by atoms with Gasteiger partial charge in [0.2, 0.25) is 0 Å². The molecule has 0 bridgehead atoms. The van der Waals surface area contributed by atoms with E-state index in [0.717, 1.165) is 49.6 Å². The summed E-state index contributed by atoms with van der Waals surface area (Å²) in [6.45, 7) is 4.23. The maximum atomic E-state index is 9.88. The molecule has 1 fully saturated rings. The van der Waals surface area contributed by atoms with Gasteiger partial charge in [0.05, 0.1) is 19.8 Å². The van der Waals surface area contributed by atoms with Gasteiger partial charge < -0.3 is 20.5 Å². The van der Waals surface area contributed by atoms with Crippen LogP contribution in [0, 0.1) is 5.92 Å². The number of methoxy groups -OCH3 is 1. The highest BCUT2D eigenvalue weighted by Gasteiger charge is 2.24. The van der Waals surface area contributed by atoms with Crippen molar-refractivity contribution >= 4 is 5.96 Å². The first-order valence-corrected chi connectivity index (χ1v) is 8.06. The Bertz CT molecular complexity index is 491. The molecule has 1 aromatic rings. The van der Waals surface area contributed by atoms with E-state index in [1.165, 1.54) is 0 Å². The van der Waals surface area contributed by atoms with Gasteiger partial charge in [0.1, 0.15) is 5.75 Å². The topological polar surface area (TPSA) is 65.9 Å². The average Bonchev–Trinajstić information content (AvgIpc) is 2.95. The number of benzene rings is 1. The van der Waals surface area contributed by atoms with E-state index < -0.39 is 0 Å². The normalized spacial score (nSPS) is 21.7. The van der Waals surface area contributed by atoms with Crippen molar-refractivity contribution < 1.29 is 9.84 Å². The van der Waals surface area contributed by atoms with Crippen molar-refractivity contribution in [3.8, 4) is 5.75 Å². The van der Waals surface area contributed by atoms with E-state index in [2.05, 4.69) is 15.6 Å². The summed E-state index contributed by atoms with van der Waals surface area (Å²) in [4.78, 5) is 4.60. The van der Waals surface area contributed by atoms with Gasteiger partial charge in [-0.05, 0) is 37.5 Å². The molecule has 122 valence electrons. The van der Waals surface area contributed by atoms with Crippen molar-refractivity contribution in [2.24, 2.45) is 10.9 Å². The summed E-state index contributed by atoms with van der Waals surface area (Å²) < 4.78 is 5.23. The molecule has 2 rings (SSSR count). The first-order chi connectivity index (χ1) is 10.7. The predicted molar refractivity (Wildman–Crippen MR) is 89.2 cm³/mol. The van der Waals surface area contributed by atoms with Crippen molar-refractivity contribution in [3.05, 3.63) is 29.8 Å². The number of aliphatic imine (C=N–C) groups is 1. The fourth-order valence-electron chi connectivity index (χ4n) is 2.77. The minimum absolute atomic E-state index is 0.172. The molecule has 3 N–H and O–H groups in total. The molecule has 0 aromatic heterocycles. The molecule has 0 aliphatic heterocycles. The van der Waals surface area contributed by atoms with Gasteiger partial charge in [0.15, 0.2) is 5.96 Å². The maximum Gasteiger partial charge on any atom is 0.191 e. The van der Waals surface area contributed by atoms with Crippen LogP contribution < -0.4 is 15.4 Å². The predicted octanol–water partition coefficient (Wildman–Crippen LogP) is 1.91. The van der Waals surface area contributed by atoms with Gasteiger partial charge in [0, 0.05) is 19.0 Å². The average molecular weight is 305 g/mol. The number of rotatable bonds is 6. The summed E-state index contributed by atoms with van der Waals surface area (Å²) >= 11 is 0. The molecule has 0 amide bonds. The molecule has 1 aromatic carbocycles. The Morgan fingerprint density at radius 1 is 1.36 bits per heavy atom. The second-order valence-corrected chi connectivity index (χ2v) is 5.69. The van der Waals surface area contributed by atoms with Crippen molar-refractivity contribution in [1.29, 1.82) is 0 Å². The van der Waals surface area contributed by atoms with E-state index in [-0.39, 0.29) is 6.10 Å². The van der Waals surface area contributed by atoms with Crippen LogP contribution in [0.15, 0.2) is 29.3 Å². The first-order valence-electron chi connectivity index (χ1n) is 8.06. The fourth-order valence-corrected chi connectivity index (χ4v) is 2.77. The van der Waals surface area contributed by atoms with Crippen LogP contribution in [-0.2, 0) is 6.54 Å². The molecule has 5 heteroatoms. The quantitative estimate of drug-likeness (QED) is 0.555. The molecule has 0 spiro atoms.